The molecule has 1 saturated heterocycles. The van der Waals surface area contributed by atoms with Gasteiger partial charge in [0.1, 0.15) is 5.82 Å². The van der Waals surface area contributed by atoms with Crippen LogP contribution in [-0.2, 0) is 11.3 Å². The van der Waals surface area contributed by atoms with Crippen LogP contribution >= 0.6 is 24.0 Å². The van der Waals surface area contributed by atoms with Crippen LogP contribution in [-0.4, -0.2) is 50.8 Å². The summed E-state index contributed by atoms with van der Waals surface area (Å²) in [5.41, 5.74) is 1.19. The Bertz CT molecular complexity index is 549. The van der Waals surface area contributed by atoms with Crippen LogP contribution in [0.1, 0.15) is 57.4 Å². The minimum absolute atomic E-state index is 0. The lowest BCUT2D eigenvalue weighted by Gasteiger charge is -2.29. The molecule has 1 aliphatic rings. The maximum atomic E-state index is 5.45. The topological polar surface area (TPSA) is 61.8 Å². The van der Waals surface area contributed by atoms with Crippen molar-refractivity contribution in [2.75, 3.05) is 44.8 Å². The van der Waals surface area contributed by atoms with Crippen molar-refractivity contribution in [3.63, 3.8) is 0 Å². The monoisotopic (exact) mass is 503 g/mol. The molecule has 2 rings (SSSR count). The number of rotatable bonds is 11. The van der Waals surface area contributed by atoms with E-state index in [0.29, 0.717) is 0 Å². The molecule has 0 aromatic carbocycles. The molecule has 0 saturated carbocycles. The van der Waals surface area contributed by atoms with E-state index in [1.807, 2.05) is 19.3 Å². The van der Waals surface area contributed by atoms with Crippen LogP contribution in [0.15, 0.2) is 23.3 Å². The molecule has 2 heterocycles. The molecule has 0 amide bonds. The van der Waals surface area contributed by atoms with Crippen molar-refractivity contribution in [3.8, 4) is 0 Å². The van der Waals surface area contributed by atoms with E-state index in [-0.39, 0.29) is 24.0 Å². The molecule has 6 nitrogen and oxygen atoms in total. The summed E-state index contributed by atoms with van der Waals surface area (Å²) in [5, 5.41) is 6.85. The van der Waals surface area contributed by atoms with Gasteiger partial charge in [-0.2, -0.15) is 0 Å². The first-order valence-corrected chi connectivity index (χ1v) is 10.6. The molecule has 0 atom stereocenters. The molecule has 1 fully saturated rings. The van der Waals surface area contributed by atoms with E-state index >= 15 is 0 Å². The highest BCUT2D eigenvalue weighted by Gasteiger charge is 2.15. The zero-order chi connectivity index (χ0) is 19.2. The molecular weight excluding hydrogens is 465 g/mol. The summed E-state index contributed by atoms with van der Waals surface area (Å²) in [5.74, 6) is 1.91. The van der Waals surface area contributed by atoms with Gasteiger partial charge in [0.15, 0.2) is 5.96 Å². The number of pyridine rings is 1. The van der Waals surface area contributed by atoms with E-state index in [1.165, 1.54) is 50.5 Å². The molecule has 7 heteroatoms. The summed E-state index contributed by atoms with van der Waals surface area (Å²) in [7, 11) is 1.83. The predicted molar refractivity (Wildman–Crippen MR) is 129 cm³/mol. The van der Waals surface area contributed by atoms with Gasteiger partial charge in [-0.25, -0.2) is 4.98 Å². The van der Waals surface area contributed by atoms with Gasteiger partial charge in [-0.15, -0.1) is 24.0 Å². The Morgan fingerprint density at radius 1 is 1.11 bits per heavy atom. The molecule has 160 valence electrons. The molecule has 2 N–H and O–H groups in total. The second-order valence-electron chi connectivity index (χ2n) is 7.06. The van der Waals surface area contributed by atoms with E-state index < -0.39 is 0 Å². The predicted octanol–water partition coefficient (Wildman–Crippen LogP) is 3.95. The molecule has 1 aromatic rings. The Labute approximate surface area is 187 Å². The molecular formula is C21H38IN5O. The average molecular weight is 503 g/mol. The van der Waals surface area contributed by atoms with Gasteiger partial charge in [-0.05, 0) is 12.5 Å². The van der Waals surface area contributed by atoms with Gasteiger partial charge in [0.05, 0.1) is 13.2 Å². The van der Waals surface area contributed by atoms with Crippen LogP contribution in [0.4, 0.5) is 5.82 Å². The Balaban J connectivity index is 0.00000392. The first kappa shape index (κ1) is 24.9. The van der Waals surface area contributed by atoms with Gasteiger partial charge in [-0.1, -0.05) is 51.5 Å². The van der Waals surface area contributed by atoms with Gasteiger partial charge in [0.25, 0.3) is 0 Å². The normalized spacial score (nSPS) is 14.5. The first-order chi connectivity index (χ1) is 13.3. The number of hydrogen-bond acceptors (Lipinski definition) is 4. The van der Waals surface area contributed by atoms with Crippen LogP contribution in [0.3, 0.4) is 0 Å². The third-order valence-corrected chi connectivity index (χ3v) is 4.92. The van der Waals surface area contributed by atoms with Crippen molar-refractivity contribution in [2.24, 2.45) is 4.99 Å². The summed E-state index contributed by atoms with van der Waals surface area (Å²) in [6.07, 6.45) is 11.1. The molecule has 1 aliphatic heterocycles. The Morgan fingerprint density at radius 3 is 2.54 bits per heavy atom. The van der Waals surface area contributed by atoms with Gasteiger partial charge in [-0.3, -0.25) is 4.99 Å². The molecule has 0 unspecified atom stereocenters. The fraction of sp³-hybridized carbons (Fsp3) is 0.714. The Morgan fingerprint density at radius 2 is 1.82 bits per heavy atom. The van der Waals surface area contributed by atoms with E-state index in [2.05, 4.69) is 38.5 Å². The highest BCUT2D eigenvalue weighted by molar-refractivity contribution is 14.0. The molecule has 0 bridgehead atoms. The number of nitrogens with zero attached hydrogens (tertiary/aromatic N) is 3. The van der Waals surface area contributed by atoms with Gasteiger partial charge < -0.3 is 20.3 Å². The number of hydrogen-bond donors (Lipinski definition) is 2. The van der Waals surface area contributed by atoms with Crippen molar-refractivity contribution < 1.29 is 4.74 Å². The lowest BCUT2D eigenvalue weighted by atomic mass is 10.1. The zero-order valence-electron chi connectivity index (χ0n) is 17.6. The van der Waals surface area contributed by atoms with Crippen LogP contribution in [0.2, 0.25) is 0 Å². The maximum Gasteiger partial charge on any atom is 0.191 e. The molecule has 0 radical (unpaired) electrons. The van der Waals surface area contributed by atoms with Crippen LogP contribution in [0, 0.1) is 0 Å². The maximum absolute atomic E-state index is 5.45. The molecule has 28 heavy (non-hydrogen) atoms. The third kappa shape index (κ3) is 9.41. The summed E-state index contributed by atoms with van der Waals surface area (Å²) in [6.45, 7) is 7.28. The van der Waals surface area contributed by atoms with Crippen LogP contribution in [0.5, 0.6) is 0 Å². The number of aromatic nitrogens is 1. The number of halogens is 1. The average Bonchev–Trinajstić information content (AvgIpc) is 2.73. The number of unbranched alkanes of at least 4 members (excludes halogenated alkanes) is 6. The molecule has 1 aromatic heterocycles. The zero-order valence-corrected chi connectivity index (χ0v) is 19.9. The second kappa shape index (κ2) is 15.8. The summed E-state index contributed by atoms with van der Waals surface area (Å²) >= 11 is 0. The Hall–Kier alpha value is -1.09. The minimum Gasteiger partial charge on any atom is -0.378 e. The second-order valence-corrected chi connectivity index (χ2v) is 7.06. The van der Waals surface area contributed by atoms with Crippen molar-refractivity contribution >= 4 is 35.8 Å². The minimum atomic E-state index is 0. The summed E-state index contributed by atoms with van der Waals surface area (Å²) < 4.78 is 5.45. The number of nitrogens with one attached hydrogen (secondary N) is 2. The summed E-state index contributed by atoms with van der Waals surface area (Å²) in [4.78, 5) is 11.2. The number of anilines is 1. The Kier molecular flexibility index (Phi) is 14.1. The van der Waals surface area contributed by atoms with E-state index in [1.54, 1.807) is 0 Å². The SMILES string of the molecule is CCCCCCCCCNC(=NC)NCc1cccnc1N1CCOCC1.I. The van der Waals surface area contributed by atoms with Gasteiger partial charge in [0.2, 0.25) is 0 Å². The lowest BCUT2D eigenvalue weighted by molar-refractivity contribution is 0.122. The van der Waals surface area contributed by atoms with E-state index in [4.69, 9.17) is 4.74 Å². The molecule has 0 aliphatic carbocycles. The van der Waals surface area contributed by atoms with Gasteiger partial charge in [0, 0.05) is 45.0 Å². The smallest absolute Gasteiger partial charge is 0.191 e. The fourth-order valence-electron chi connectivity index (χ4n) is 3.32. The lowest BCUT2D eigenvalue weighted by Crippen LogP contribution is -2.39. The van der Waals surface area contributed by atoms with Gasteiger partial charge >= 0.3 is 0 Å². The fourth-order valence-corrected chi connectivity index (χ4v) is 3.32. The van der Waals surface area contributed by atoms with Crippen molar-refractivity contribution in [2.45, 2.75) is 58.4 Å². The number of morpholine rings is 1. The van der Waals surface area contributed by atoms with E-state index in [0.717, 1.165) is 51.2 Å². The standard InChI is InChI=1S/C21H37N5O.HI/c1-3-4-5-6-7-8-9-12-24-21(22-2)25-18-19-11-10-13-23-20(19)26-14-16-27-17-15-26;/h10-11,13H,3-9,12,14-18H2,1-2H3,(H2,22,24,25);1H. The third-order valence-electron chi connectivity index (χ3n) is 4.92. The van der Waals surface area contributed by atoms with Crippen LogP contribution < -0.4 is 15.5 Å². The largest absolute Gasteiger partial charge is 0.378 e. The van der Waals surface area contributed by atoms with Crippen LogP contribution in [0.25, 0.3) is 0 Å². The van der Waals surface area contributed by atoms with Crippen molar-refractivity contribution in [1.29, 1.82) is 0 Å². The number of guanidine groups is 1. The van der Waals surface area contributed by atoms with Crippen molar-refractivity contribution in [1.82, 2.24) is 15.6 Å². The number of ether oxygens (including phenoxy) is 1. The quantitative estimate of drug-likeness (QED) is 0.207. The van der Waals surface area contributed by atoms with E-state index in [9.17, 15) is 0 Å². The molecule has 0 spiro atoms. The first-order valence-electron chi connectivity index (χ1n) is 10.6. The number of aliphatic imine (C=N–C) groups is 1. The van der Waals surface area contributed by atoms with Crippen molar-refractivity contribution in [3.05, 3.63) is 23.9 Å². The summed E-state index contributed by atoms with van der Waals surface area (Å²) in [6, 6.07) is 4.13. The highest BCUT2D eigenvalue weighted by atomic mass is 127. The highest BCUT2D eigenvalue weighted by Crippen LogP contribution is 2.18.